The van der Waals surface area contributed by atoms with E-state index in [1.165, 1.54) is 19.0 Å². The van der Waals surface area contributed by atoms with Gasteiger partial charge in [-0.2, -0.15) is 5.10 Å². The number of hydrogen-bond acceptors (Lipinski definition) is 8. The van der Waals surface area contributed by atoms with E-state index in [-0.39, 0.29) is 13.1 Å². The van der Waals surface area contributed by atoms with Gasteiger partial charge in [0.15, 0.2) is 17.5 Å². The molecule has 168 valence electrons. The van der Waals surface area contributed by atoms with Gasteiger partial charge in [-0.05, 0) is 37.8 Å². The van der Waals surface area contributed by atoms with Crippen LogP contribution >= 0.6 is 22.9 Å². The number of nitrogens with zero attached hydrogens (tertiary/aromatic N) is 3. The maximum absolute atomic E-state index is 12.7. The van der Waals surface area contributed by atoms with E-state index in [4.69, 9.17) is 16.3 Å². The Labute approximate surface area is 191 Å². The summed E-state index contributed by atoms with van der Waals surface area (Å²) in [6, 6.07) is 5.12. The van der Waals surface area contributed by atoms with Crippen LogP contribution in [0.1, 0.15) is 40.1 Å². The van der Waals surface area contributed by atoms with Crippen molar-refractivity contribution in [3.8, 4) is 10.7 Å². The molecule has 0 unspecified atom stereocenters. The number of anilines is 2. The quantitative estimate of drug-likeness (QED) is 0.460. The number of halogens is 1. The van der Waals surface area contributed by atoms with E-state index >= 15 is 0 Å². The number of aromatic amines is 1. The van der Waals surface area contributed by atoms with Crippen molar-refractivity contribution in [2.75, 3.05) is 18.5 Å². The van der Waals surface area contributed by atoms with Gasteiger partial charge in [-0.25, -0.2) is 23.1 Å². The molecule has 2 fully saturated rings. The molecule has 2 aliphatic rings. The second-order valence-corrected chi connectivity index (χ2v) is 11.1. The number of nitrogens with one attached hydrogen (secondary N) is 3. The number of rotatable bonds is 7. The van der Waals surface area contributed by atoms with Gasteiger partial charge in [-0.3, -0.25) is 5.10 Å². The highest BCUT2D eigenvalue weighted by Crippen LogP contribution is 2.40. The molecule has 5 rings (SSSR count). The van der Waals surface area contributed by atoms with Gasteiger partial charge in [-0.1, -0.05) is 11.6 Å². The number of H-pyrrole nitrogens is 1. The molecule has 4 heterocycles. The third-order valence-corrected chi connectivity index (χ3v) is 8.59. The summed E-state index contributed by atoms with van der Waals surface area (Å²) in [7, 11) is -3.61. The van der Waals surface area contributed by atoms with Crippen LogP contribution in [0.2, 0.25) is 5.02 Å². The lowest BCUT2D eigenvalue weighted by Gasteiger charge is -2.22. The molecule has 3 N–H and O–H groups in total. The Kier molecular flexibility index (Phi) is 5.69. The molecule has 3 aromatic rings. The van der Waals surface area contributed by atoms with Gasteiger partial charge < -0.3 is 10.1 Å². The smallest absolute Gasteiger partial charge is 0.250 e. The Balaban J connectivity index is 0.00000153. The summed E-state index contributed by atoms with van der Waals surface area (Å²) < 4.78 is 33.8. The summed E-state index contributed by atoms with van der Waals surface area (Å²) in [5.41, 5.74) is 1.10. The molecule has 0 atom stereocenters. The van der Waals surface area contributed by atoms with Crippen LogP contribution in [0.15, 0.2) is 28.6 Å². The third-order valence-electron chi connectivity index (χ3n) is 5.22. The predicted molar refractivity (Wildman–Crippen MR) is 123 cm³/mol. The summed E-state index contributed by atoms with van der Waals surface area (Å²) in [5.74, 6) is 1.99. The molecule has 1 aliphatic heterocycles. The van der Waals surface area contributed by atoms with Gasteiger partial charge in [0.25, 0.3) is 0 Å². The molecule has 1 aliphatic carbocycles. The Morgan fingerprint density at radius 3 is 2.81 bits per heavy atom. The molecule has 0 radical (unpaired) electrons. The lowest BCUT2D eigenvalue weighted by molar-refractivity contribution is 0.0832. The minimum Gasteiger partial charge on any atom is -0.381 e. The van der Waals surface area contributed by atoms with Gasteiger partial charge in [0.1, 0.15) is 9.23 Å². The van der Waals surface area contributed by atoms with Crippen molar-refractivity contribution in [3.63, 3.8) is 0 Å². The predicted octanol–water partition coefficient (Wildman–Crippen LogP) is 4.15. The van der Waals surface area contributed by atoms with Gasteiger partial charge in [0, 0.05) is 39.8 Å². The van der Waals surface area contributed by atoms with Crippen LogP contribution in [0.3, 0.4) is 0 Å². The van der Waals surface area contributed by atoms with E-state index in [0.717, 1.165) is 17.0 Å². The van der Waals surface area contributed by atoms with Crippen molar-refractivity contribution < 1.29 is 16.0 Å². The molecule has 1 saturated heterocycles. The summed E-state index contributed by atoms with van der Waals surface area (Å²) in [6.45, 7) is 1.13. The zero-order valence-electron chi connectivity index (χ0n) is 16.5. The molecule has 0 spiro atoms. The van der Waals surface area contributed by atoms with Crippen LogP contribution in [0.25, 0.3) is 10.7 Å². The Morgan fingerprint density at radius 2 is 2.03 bits per heavy atom. The van der Waals surface area contributed by atoms with Crippen LogP contribution < -0.4 is 10.0 Å². The van der Waals surface area contributed by atoms with Gasteiger partial charge in [0.05, 0.1) is 11.1 Å². The first-order valence-corrected chi connectivity index (χ1v) is 12.7. The normalized spacial score (nSPS) is 17.7. The maximum Gasteiger partial charge on any atom is 0.250 e. The molecule has 31 heavy (non-hydrogen) atoms. The zero-order valence-corrected chi connectivity index (χ0v) is 18.9. The van der Waals surface area contributed by atoms with Crippen molar-refractivity contribution in [1.29, 1.82) is 0 Å². The molecule has 0 bridgehead atoms. The first kappa shape index (κ1) is 20.8. The van der Waals surface area contributed by atoms with Crippen LogP contribution in [0.4, 0.5) is 11.6 Å². The number of ether oxygens (including phenoxy) is 1. The van der Waals surface area contributed by atoms with Gasteiger partial charge in [0.2, 0.25) is 10.0 Å². The topological polar surface area (TPSA) is 122 Å². The van der Waals surface area contributed by atoms with Crippen molar-refractivity contribution in [2.24, 2.45) is 0 Å². The highest BCUT2D eigenvalue weighted by Gasteiger charge is 2.26. The summed E-state index contributed by atoms with van der Waals surface area (Å²) in [6.07, 6.45) is 5.18. The van der Waals surface area contributed by atoms with Crippen LogP contribution in [-0.4, -0.2) is 47.8 Å². The van der Waals surface area contributed by atoms with Gasteiger partial charge >= 0.3 is 0 Å². The number of sulfonamides is 1. The van der Waals surface area contributed by atoms with Crippen molar-refractivity contribution in [3.05, 3.63) is 35.1 Å². The maximum atomic E-state index is 12.7. The molecule has 0 aromatic carbocycles. The first-order chi connectivity index (χ1) is 15.0. The summed E-state index contributed by atoms with van der Waals surface area (Å²) in [5, 5.41) is 10.8. The zero-order chi connectivity index (χ0) is 21.4. The molecule has 9 nitrogen and oxygen atoms in total. The third kappa shape index (κ3) is 4.75. The van der Waals surface area contributed by atoms with Crippen LogP contribution in [0.5, 0.6) is 0 Å². The molecule has 3 aromatic heterocycles. The average molecular weight is 485 g/mol. The number of hydrogen-bond donors (Lipinski definition) is 3. The highest BCUT2D eigenvalue weighted by molar-refractivity contribution is 7.91. The molecule has 0 amide bonds. The van der Waals surface area contributed by atoms with E-state index in [2.05, 4.69) is 30.2 Å². The first-order valence-electron chi connectivity index (χ1n) is 10.0. The fourth-order valence-corrected chi connectivity index (χ4v) is 6.08. The number of thiophene rings is 1. The van der Waals surface area contributed by atoms with Crippen LogP contribution in [0, 0.1) is 0 Å². The second-order valence-electron chi connectivity index (χ2n) is 7.62. The van der Waals surface area contributed by atoms with Crippen molar-refractivity contribution in [1.82, 2.24) is 24.9 Å². The van der Waals surface area contributed by atoms with Crippen molar-refractivity contribution >= 4 is 44.6 Å². The molecule has 1 saturated carbocycles. The van der Waals surface area contributed by atoms with E-state index in [1.54, 1.807) is 12.1 Å². The monoisotopic (exact) mass is 484 g/mol. The van der Waals surface area contributed by atoms with E-state index < -0.39 is 10.0 Å². The van der Waals surface area contributed by atoms with E-state index in [1.807, 2.05) is 6.07 Å². The highest BCUT2D eigenvalue weighted by atomic mass is 35.5. The van der Waals surface area contributed by atoms with E-state index in [9.17, 15) is 8.42 Å². The average Bonchev–Trinajstić information content (AvgIpc) is 3.28. The van der Waals surface area contributed by atoms with Gasteiger partial charge in [-0.15, -0.1) is 11.3 Å². The lowest BCUT2D eigenvalue weighted by Crippen LogP contribution is -2.38. The Morgan fingerprint density at radius 1 is 1.23 bits per heavy atom. The minimum absolute atomic E-state index is 0. The minimum atomic E-state index is -3.61. The molecular weight excluding hydrogens is 460 g/mol. The molecular formula is C19H25ClN6O3S2. The Hall–Kier alpha value is -2.05. The molecule has 12 heteroatoms. The lowest BCUT2D eigenvalue weighted by atomic mass is 10.1. The van der Waals surface area contributed by atoms with Crippen LogP contribution in [-0.2, 0) is 14.8 Å². The van der Waals surface area contributed by atoms with E-state index in [0.29, 0.717) is 59.3 Å². The second kappa shape index (κ2) is 8.47. The fraction of sp³-hybridized carbons (Fsp3) is 0.421. The standard InChI is InChI=1S/C19H21ClN6O3S2.2H2/c20-13-10-21-19(23-18(13)22-16-9-14(24-25-16)11-1-2-11)15-3-4-17(30-15)31(27,28)26-12-5-7-29-8-6-12;;/h3-4,9-12,26H,1-2,5-8H2,(H2,21,22,23,24,25);2*1H. The largest absolute Gasteiger partial charge is 0.381 e. The summed E-state index contributed by atoms with van der Waals surface area (Å²) >= 11 is 7.38. The number of aromatic nitrogens is 4. The Bertz CT molecular complexity index is 1200. The van der Waals surface area contributed by atoms with Crippen molar-refractivity contribution in [2.45, 2.75) is 41.9 Å². The fourth-order valence-electron chi connectivity index (χ4n) is 3.38. The summed E-state index contributed by atoms with van der Waals surface area (Å²) in [4.78, 5) is 9.39. The SMILES string of the molecule is O=S(=O)(NC1CCOCC1)c1ccc(-c2ncc(Cl)c(Nc3cc(C4CC4)[nH]n3)n2)s1.[HH].[HH].